The zero-order valence-electron chi connectivity index (χ0n) is 7.51. The standard InChI is InChI=1S/C10H14O3/c1-10(13,9(12)7-11)8-5-3-2-4-6-8/h2-6,9,11-13H,7H2,1H3. The summed E-state index contributed by atoms with van der Waals surface area (Å²) < 4.78 is 0. The van der Waals surface area contributed by atoms with Gasteiger partial charge in [0.05, 0.1) is 6.61 Å². The summed E-state index contributed by atoms with van der Waals surface area (Å²) in [5, 5.41) is 27.9. The number of aliphatic hydroxyl groups excluding tert-OH is 2. The Kier molecular flexibility index (Phi) is 3.03. The third kappa shape index (κ3) is 2.06. The van der Waals surface area contributed by atoms with E-state index in [1.165, 1.54) is 6.92 Å². The summed E-state index contributed by atoms with van der Waals surface area (Å²) in [6.07, 6.45) is -1.16. The molecule has 0 radical (unpaired) electrons. The van der Waals surface area contributed by atoms with Crippen molar-refractivity contribution in [2.24, 2.45) is 0 Å². The second kappa shape index (κ2) is 3.87. The Labute approximate surface area is 77.3 Å². The number of hydrogen-bond acceptors (Lipinski definition) is 3. The lowest BCUT2D eigenvalue weighted by molar-refractivity contribution is -0.0878. The quantitative estimate of drug-likeness (QED) is 0.628. The SMILES string of the molecule is CC(O)(c1ccccc1)C(O)CO. The minimum atomic E-state index is -1.39. The van der Waals surface area contributed by atoms with E-state index in [0.717, 1.165) is 0 Å². The van der Waals surface area contributed by atoms with Gasteiger partial charge in [0.1, 0.15) is 11.7 Å². The van der Waals surface area contributed by atoms with Gasteiger partial charge in [-0.1, -0.05) is 30.3 Å². The minimum Gasteiger partial charge on any atom is -0.394 e. The summed E-state index contributed by atoms with van der Waals surface area (Å²) in [6, 6.07) is 8.78. The molecule has 72 valence electrons. The maximum absolute atomic E-state index is 9.84. The smallest absolute Gasteiger partial charge is 0.115 e. The third-order valence-corrected chi connectivity index (χ3v) is 2.18. The first kappa shape index (κ1) is 10.2. The van der Waals surface area contributed by atoms with E-state index in [2.05, 4.69) is 0 Å². The van der Waals surface area contributed by atoms with E-state index in [1.807, 2.05) is 6.07 Å². The Balaban J connectivity index is 2.93. The predicted octanol–water partition coefficient (Wildman–Crippen LogP) is 0.247. The van der Waals surface area contributed by atoms with Gasteiger partial charge in [0.25, 0.3) is 0 Å². The fraction of sp³-hybridized carbons (Fsp3) is 0.400. The Morgan fingerprint density at radius 1 is 1.31 bits per heavy atom. The van der Waals surface area contributed by atoms with Crippen molar-refractivity contribution in [3.05, 3.63) is 35.9 Å². The van der Waals surface area contributed by atoms with E-state index in [9.17, 15) is 10.2 Å². The Bertz CT molecular complexity index is 256. The molecule has 3 nitrogen and oxygen atoms in total. The van der Waals surface area contributed by atoms with Gasteiger partial charge in [-0.05, 0) is 12.5 Å². The predicted molar refractivity (Wildman–Crippen MR) is 49.1 cm³/mol. The monoisotopic (exact) mass is 182 g/mol. The van der Waals surface area contributed by atoms with Crippen molar-refractivity contribution in [1.29, 1.82) is 0 Å². The van der Waals surface area contributed by atoms with Gasteiger partial charge in [0.2, 0.25) is 0 Å². The van der Waals surface area contributed by atoms with Crippen LogP contribution in [0.25, 0.3) is 0 Å². The Morgan fingerprint density at radius 3 is 2.31 bits per heavy atom. The highest BCUT2D eigenvalue weighted by Gasteiger charge is 2.31. The minimum absolute atomic E-state index is 0.456. The summed E-state index contributed by atoms with van der Waals surface area (Å²) in [4.78, 5) is 0. The number of benzene rings is 1. The number of aliphatic hydroxyl groups is 3. The highest BCUT2D eigenvalue weighted by molar-refractivity contribution is 5.22. The number of rotatable bonds is 3. The van der Waals surface area contributed by atoms with E-state index in [-0.39, 0.29) is 0 Å². The molecule has 0 aromatic heterocycles. The van der Waals surface area contributed by atoms with Gasteiger partial charge in [-0.25, -0.2) is 0 Å². The molecule has 3 heteroatoms. The summed E-state index contributed by atoms with van der Waals surface area (Å²) in [5.41, 5.74) is -0.799. The Hall–Kier alpha value is -0.900. The second-order valence-electron chi connectivity index (χ2n) is 3.21. The fourth-order valence-corrected chi connectivity index (χ4v) is 1.15. The molecule has 0 saturated carbocycles. The van der Waals surface area contributed by atoms with Crippen LogP contribution in [-0.4, -0.2) is 28.0 Å². The second-order valence-corrected chi connectivity index (χ2v) is 3.21. The van der Waals surface area contributed by atoms with E-state index in [0.29, 0.717) is 5.56 Å². The average molecular weight is 182 g/mol. The van der Waals surface area contributed by atoms with Gasteiger partial charge in [-0.2, -0.15) is 0 Å². The van der Waals surface area contributed by atoms with Crippen LogP contribution in [0.5, 0.6) is 0 Å². The molecule has 0 fully saturated rings. The highest BCUT2D eigenvalue weighted by Crippen LogP contribution is 2.23. The molecule has 0 amide bonds. The van der Waals surface area contributed by atoms with Crippen molar-refractivity contribution in [1.82, 2.24) is 0 Å². The highest BCUT2D eigenvalue weighted by atomic mass is 16.4. The van der Waals surface area contributed by atoms with E-state index in [1.54, 1.807) is 24.3 Å². The Morgan fingerprint density at radius 2 is 1.85 bits per heavy atom. The lowest BCUT2D eigenvalue weighted by Gasteiger charge is -2.28. The van der Waals surface area contributed by atoms with Crippen LogP contribution in [0, 0.1) is 0 Å². The maximum atomic E-state index is 9.84. The maximum Gasteiger partial charge on any atom is 0.115 e. The van der Waals surface area contributed by atoms with Gasteiger partial charge in [-0.3, -0.25) is 0 Å². The van der Waals surface area contributed by atoms with E-state index in [4.69, 9.17) is 5.11 Å². The molecule has 2 unspecified atom stereocenters. The molecule has 1 aromatic carbocycles. The molecule has 1 aromatic rings. The van der Waals surface area contributed by atoms with Crippen LogP contribution in [0.15, 0.2) is 30.3 Å². The van der Waals surface area contributed by atoms with Crippen LogP contribution in [0.2, 0.25) is 0 Å². The van der Waals surface area contributed by atoms with E-state index >= 15 is 0 Å². The number of hydrogen-bond donors (Lipinski definition) is 3. The average Bonchev–Trinajstić information content (AvgIpc) is 2.18. The van der Waals surface area contributed by atoms with Crippen molar-refractivity contribution >= 4 is 0 Å². The zero-order valence-corrected chi connectivity index (χ0v) is 7.51. The molecule has 0 aliphatic carbocycles. The largest absolute Gasteiger partial charge is 0.394 e. The molecule has 0 saturated heterocycles. The summed E-state index contributed by atoms with van der Waals surface area (Å²) in [5.74, 6) is 0. The molecule has 3 N–H and O–H groups in total. The normalized spacial score (nSPS) is 17.8. The molecular formula is C10H14O3. The van der Waals surface area contributed by atoms with Crippen molar-refractivity contribution in [2.75, 3.05) is 6.61 Å². The molecule has 0 heterocycles. The third-order valence-electron chi connectivity index (χ3n) is 2.18. The first-order valence-corrected chi connectivity index (χ1v) is 4.16. The van der Waals surface area contributed by atoms with E-state index < -0.39 is 18.3 Å². The topological polar surface area (TPSA) is 60.7 Å². The van der Waals surface area contributed by atoms with Gasteiger partial charge in [-0.15, -0.1) is 0 Å². The van der Waals surface area contributed by atoms with Crippen LogP contribution >= 0.6 is 0 Å². The van der Waals surface area contributed by atoms with Crippen LogP contribution in [0.4, 0.5) is 0 Å². The van der Waals surface area contributed by atoms with Gasteiger partial charge >= 0.3 is 0 Å². The fourth-order valence-electron chi connectivity index (χ4n) is 1.15. The van der Waals surface area contributed by atoms with Crippen LogP contribution < -0.4 is 0 Å². The van der Waals surface area contributed by atoms with Crippen molar-refractivity contribution in [2.45, 2.75) is 18.6 Å². The van der Waals surface area contributed by atoms with Crippen molar-refractivity contribution < 1.29 is 15.3 Å². The van der Waals surface area contributed by atoms with Gasteiger partial charge in [0.15, 0.2) is 0 Å². The van der Waals surface area contributed by atoms with Crippen LogP contribution in [-0.2, 0) is 5.60 Å². The first-order valence-electron chi connectivity index (χ1n) is 4.16. The molecule has 0 aliphatic rings. The lowest BCUT2D eigenvalue weighted by Crippen LogP contribution is -2.38. The molecule has 0 bridgehead atoms. The molecule has 1 rings (SSSR count). The van der Waals surface area contributed by atoms with Gasteiger partial charge in [0, 0.05) is 0 Å². The molecule has 0 aliphatic heterocycles. The molecule has 13 heavy (non-hydrogen) atoms. The van der Waals surface area contributed by atoms with Crippen LogP contribution in [0.1, 0.15) is 12.5 Å². The first-order chi connectivity index (χ1) is 6.09. The lowest BCUT2D eigenvalue weighted by atomic mass is 9.91. The molecular weight excluding hydrogens is 168 g/mol. The van der Waals surface area contributed by atoms with Gasteiger partial charge < -0.3 is 15.3 Å². The summed E-state index contributed by atoms with van der Waals surface area (Å²) in [7, 11) is 0. The summed E-state index contributed by atoms with van der Waals surface area (Å²) >= 11 is 0. The molecule has 0 spiro atoms. The zero-order chi connectivity index (χ0) is 9.90. The van der Waals surface area contributed by atoms with Crippen molar-refractivity contribution in [3.63, 3.8) is 0 Å². The summed E-state index contributed by atoms with van der Waals surface area (Å²) in [6.45, 7) is 1.02. The van der Waals surface area contributed by atoms with Crippen LogP contribution in [0.3, 0.4) is 0 Å². The van der Waals surface area contributed by atoms with Crippen molar-refractivity contribution in [3.8, 4) is 0 Å². The molecule has 2 atom stereocenters.